The lowest BCUT2D eigenvalue weighted by Crippen LogP contribution is -2.51. The third-order valence-corrected chi connectivity index (χ3v) is 6.20. The third-order valence-electron chi connectivity index (χ3n) is 5.30. The number of carbonyl (C=O) groups is 3. The summed E-state index contributed by atoms with van der Waals surface area (Å²) in [6, 6.07) is 17.8. The first-order valence-corrected chi connectivity index (χ1v) is 10.7. The molecule has 154 valence electrons. The lowest BCUT2D eigenvalue weighted by atomic mass is 10.1. The zero-order chi connectivity index (χ0) is 21.1. The Kier molecular flexibility index (Phi) is 5.90. The number of carbonyl (C=O) groups excluding carboxylic acids is 3. The lowest BCUT2D eigenvalue weighted by molar-refractivity contribution is -0.136. The highest BCUT2D eigenvalue weighted by Gasteiger charge is 2.37. The van der Waals surface area contributed by atoms with Gasteiger partial charge in [0.15, 0.2) is 0 Å². The molecule has 0 aromatic heterocycles. The number of amides is 3. The van der Waals surface area contributed by atoms with Crippen molar-refractivity contribution in [2.24, 2.45) is 0 Å². The number of anilines is 1. The van der Waals surface area contributed by atoms with Gasteiger partial charge < -0.3 is 9.80 Å². The molecule has 3 amide bonds. The molecule has 2 aromatic rings. The Hall–Kier alpha value is -3.06. The largest absolute Gasteiger partial charge is 0.368 e. The fraction of sp³-hybridized carbons (Fsp3) is 0.261. The van der Waals surface area contributed by atoms with Gasteiger partial charge in [-0.2, -0.15) is 0 Å². The zero-order valence-corrected chi connectivity index (χ0v) is 17.6. The summed E-state index contributed by atoms with van der Waals surface area (Å²) >= 11 is 0.887. The minimum absolute atomic E-state index is 0.193. The zero-order valence-electron chi connectivity index (χ0n) is 16.8. The van der Waals surface area contributed by atoms with Gasteiger partial charge in [-0.05, 0) is 42.5 Å². The fourth-order valence-electron chi connectivity index (χ4n) is 3.54. The number of para-hydroxylation sites is 1. The van der Waals surface area contributed by atoms with Crippen LogP contribution in [0, 0.1) is 6.92 Å². The number of hydrogen-bond acceptors (Lipinski definition) is 5. The van der Waals surface area contributed by atoms with E-state index in [9.17, 15) is 14.4 Å². The lowest BCUT2D eigenvalue weighted by Gasteiger charge is -2.36. The molecule has 7 heteroatoms. The molecule has 2 aliphatic heterocycles. The van der Waals surface area contributed by atoms with Gasteiger partial charge >= 0.3 is 0 Å². The quantitative estimate of drug-likeness (QED) is 0.709. The van der Waals surface area contributed by atoms with Gasteiger partial charge in [0.25, 0.3) is 11.1 Å². The van der Waals surface area contributed by atoms with Crippen molar-refractivity contribution < 1.29 is 14.4 Å². The first kappa shape index (κ1) is 20.2. The van der Waals surface area contributed by atoms with Gasteiger partial charge in [0.1, 0.15) is 6.54 Å². The van der Waals surface area contributed by atoms with Crippen LogP contribution in [0.1, 0.15) is 11.1 Å². The van der Waals surface area contributed by atoms with Crippen molar-refractivity contribution in [3.05, 3.63) is 70.6 Å². The molecule has 2 aliphatic rings. The second-order valence-electron chi connectivity index (χ2n) is 7.38. The Morgan fingerprint density at radius 1 is 0.967 bits per heavy atom. The minimum atomic E-state index is -0.401. The van der Waals surface area contributed by atoms with Crippen LogP contribution >= 0.6 is 11.8 Å². The summed E-state index contributed by atoms with van der Waals surface area (Å²) in [5, 5.41) is -0.394. The molecule has 2 heterocycles. The van der Waals surface area contributed by atoms with Crippen LogP contribution in [-0.4, -0.2) is 59.6 Å². The predicted molar refractivity (Wildman–Crippen MR) is 119 cm³/mol. The average molecular weight is 422 g/mol. The van der Waals surface area contributed by atoms with Crippen LogP contribution in [0.3, 0.4) is 0 Å². The molecule has 0 spiro atoms. The molecule has 2 saturated heterocycles. The number of aryl methyl sites for hydroxylation is 1. The first-order valence-electron chi connectivity index (χ1n) is 9.91. The highest BCUT2D eigenvalue weighted by atomic mass is 32.2. The van der Waals surface area contributed by atoms with E-state index in [0.717, 1.165) is 46.6 Å². The molecule has 0 N–H and O–H groups in total. The Labute approximate surface area is 180 Å². The molecule has 0 atom stereocenters. The summed E-state index contributed by atoms with van der Waals surface area (Å²) in [6.45, 7) is 4.38. The van der Waals surface area contributed by atoms with Gasteiger partial charge in [-0.15, -0.1) is 0 Å². The first-order chi connectivity index (χ1) is 14.5. The number of nitrogens with zero attached hydrogens (tertiary/aromatic N) is 3. The van der Waals surface area contributed by atoms with Crippen LogP contribution in [0.2, 0.25) is 0 Å². The maximum Gasteiger partial charge on any atom is 0.294 e. The van der Waals surface area contributed by atoms with Crippen LogP contribution in [0.4, 0.5) is 10.5 Å². The predicted octanol–water partition coefficient (Wildman–Crippen LogP) is 3.38. The number of hydrogen-bond donors (Lipinski definition) is 0. The van der Waals surface area contributed by atoms with E-state index in [-0.39, 0.29) is 12.5 Å². The summed E-state index contributed by atoms with van der Waals surface area (Å²) < 4.78 is 0. The normalized spacial score (nSPS) is 18.4. The number of rotatable bonds is 4. The van der Waals surface area contributed by atoms with Gasteiger partial charge in [-0.25, -0.2) is 0 Å². The van der Waals surface area contributed by atoms with Crippen molar-refractivity contribution in [2.45, 2.75) is 6.92 Å². The maximum absolute atomic E-state index is 12.7. The molecule has 30 heavy (non-hydrogen) atoms. The molecule has 0 radical (unpaired) electrons. The van der Waals surface area contributed by atoms with Crippen LogP contribution in [-0.2, 0) is 9.59 Å². The van der Waals surface area contributed by atoms with Gasteiger partial charge in [0, 0.05) is 31.9 Å². The smallest absolute Gasteiger partial charge is 0.294 e. The van der Waals surface area contributed by atoms with Gasteiger partial charge in [-0.1, -0.05) is 48.0 Å². The van der Waals surface area contributed by atoms with Crippen LogP contribution in [0.15, 0.2) is 59.5 Å². The summed E-state index contributed by atoms with van der Waals surface area (Å²) in [7, 11) is 0. The van der Waals surface area contributed by atoms with Crippen molar-refractivity contribution in [2.75, 3.05) is 37.6 Å². The van der Waals surface area contributed by atoms with Crippen molar-refractivity contribution in [1.82, 2.24) is 9.80 Å². The number of thioether (sulfide) groups is 1. The molecule has 0 unspecified atom stereocenters. The molecular formula is C23H23N3O3S. The Balaban J connectivity index is 1.36. The van der Waals surface area contributed by atoms with E-state index in [2.05, 4.69) is 17.0 Å². The molecule has 0 bridgehead atoms. The van der Waals surface area contributed by atoms with Crippen molar-refractivity contribution in [3.8, 4) is 0 Å². The number of piperazine rings is 1. The average Bonchev–Trinajstić information content (AvgIpc) is 3.03. The topological polar surface area (TPSA) is 60.9 Å². The Bertz CT molecular complexity index is 981. The van der Waals surface area contributed by atoms with Gasteiger partial charge in [0.05, 0.1) is 4.91 Å². The fourth-order valence-corrected chi connectivity index (χ4v) is 4.38. The molecular weight excluding hydrogens is 398 g/mol. The maximum atomic E-state index is 12.7. The van der Waals surface area contributed by atoms with Gasteiger partial charge in [0.2, 0.25) is 5.91 Å². The van der Waals surface area contributed by atoms with E-state index >= 15 is 0 Å². The molecule has 4 rings (SSSR count). The number of benzene rings is 2. The van der Waals surface area contributed by atoms with Gasteiger partial charge in [-0.3, -0.25) is 19.3 Å². The molecule has 2 aromatic carbocycles. The summed E-state index contributed by atoms with van der Waals surface area (Å²) in [5.74, 6) is -0.594. The third kappa shape index (κ3) is 4.41. The van der Waals surface area contributed by atoms with Crippen LogP contribution < -0.4 is 4.90 Å². The van der Waals surface area contributed by atoms with E-state index in [4.69, 9.17) is 0 Å². The van der Waals surface area contributed by atoms with E-state index in [1.807, 2.05) is 49.4 Å². The second kappa shape index (κ2) is 8.75. The molecule has 0 aliphatic carbocycles. The molecule has 6 nitrogen and oxygen atoms in total. The monoisotopic (exact) mass is 421 g/mol. The summed E-state index contributed by atoms with van der Waals surface area (Å²) in [4.78, 5) is 43.1. The van der Waals surface area contributed by atoms with Crippen molar-refractivity contribution in [1.29, 1.82) is 0 Å². The van der Waals surface area contributed by atoms with Crippen molar-refractivity contribution in [3.63, 3.8) is 0 Å². The highest BCUT2D eigenvalue weighted by molar-refractivity contribution is 8.18. The van der Waals surface area contributed by atoms with E-state index in [1.54, 1.807) is 11.0 Å². The van der Waals surface area contributed by atoms with E-state index in [1.165, 1.54) is 0 Å². The minimum Gasteiger partial charge on any atom is -0.368 e. The second-order valence-corrected chi connectivity index (χ2v) is 8.38. The van der Waals surface area contributed by atoms with Crippen molar-refractivity contribution >= 4 is 40.6 Å². The highest BCUT2D eigenvalue weighted by Crippen LogP contribution is 2.32. The Morgan fingerprint density at radius 3 is 2.30 bits per heavy atom. The summed E-state index contributed by atoms with van der Waals surface area (Å²) in [6.07, 6.45) is 1.70. The molecule has 0 saturated carbocycles. The SMILES string of the molecule is Cc1ccc(C=C2SC(=O)N(CC(=O)N3CCN(c4ccccc4)CC3)C2=O)cc1. The summed E-state index contributed by atoms with van der Waals surface area (Å²) in [5.41, 5.74) is 3.12. The Morgan fingerprint density at radius 2 is 1.63 bits per heavy atom. The van der Waals surface area contributed by atoms with Crippen LogP contribution in [0.5, 0.6) is 0 Å². The number of imide groups is 1. The standard InChI is InChI=1S/C23H23N3O3S/c1-17-7-9-18(10-8-17)15-20-22(28)26(23(29)30-20)16-21(27)25-13-11-24(12-14-25)19-5-3-2-4-6-19/h2-10,15H,11-14,16H2,1H3. The molecule has 2 fully saturated rings. The van der Waals surface area contributed by atoms with E-state index < -0.39 is 11.1 Å². The van der Waals surface area contributed by atoms with Crippen LogP contribution in [0.25, 0.3) is 6.08 Å². The van der Waals surface area contributed by atoms with E-state index in [0.29, 0.717) is 18.0 Å².